The van der Waals surface area contributed by atoms with Gasteiger partial charge in [0.25, 0.3) is 0 Å². The van der Waals surface area contributed by atoms with Crippen LogP contribution in [0.2, 0.25) is 0 Å². The van der Waals surface area contributed by atoms with Crippen molar-refractivity contribution >= 4 is 11.6 Å². The van der Waals surface area contributed by atoms with Crippen molar-refractivity contribution < 1.29 is 9.53 Å². The number of anilines is 1. The average molecular weight is 322 g/mol. The van der Waals surface area contributed by atoms with Crippen LogP contribution in [0, 0.1) is 12.8 Å². The first-order chi connectivity index (χ1) is 11.6. The van der Waals surface area contributed by atoms with Gasteiger partial charge in [-0.25, -0.2) is 0 Å². The number of carbonyl (C=O) groups excluding carboxylic acids is 1. The molecule has 2 aromatic rings. The summed E-state index contributed by atoms with van der Waals surface area (Å²) in [7, 11) is 0. The number of aryl methyl sites for hydroxylation is 1. The number of nitrogens with two attached hydrogens (primary N) is 1. The highest BCUT2D eigenvalue weighted by Gasteiger charge is 2.60. The zero-order valence-corrected chi connectivity index (χ0v) is 13.8. The fourth-order valence-corrected chi connectivity index (χ4v) is 3.99. The minimum atomic E-state index is -0.0422. The number of hydrogen-bond acceptors (Lipinski definition) is 3. The molecule has 0 unspecified atom stereocenters. The fourth-order valence-electron chi connectivity index (χ4n) is 3.99. The van der Waals surface area contributed by atoms with E-state index in [4.69, 9.17) is 10.5 Å². The number of para-hydroxylation sites is 1. The van der Waals surface area contributed by atoms with Gasteiger partial charge in [-0.1, -0.05) is 24.3 Å². The highest BCUT2D eigenvalue weighted by molar-refractivity contribution is 5.96. The van der Waals surface area contributed by atoms with Gasteiger partial charge in [0, 0.05) is 29.1 Å². The lowest BCUT2D eigenvalue weighted by Gasteiger charge is -2.26. The third-order valence-corrected chi connectivity index (χ3v) is 5.26. The Morgan fingerprint density at radius 1 is 1.33 bits per heavy atom. The molecule has 1 amide bonds. The number of rotatable bonds is 3. The van der Waals surface area contributed by atoms with Crippen molar-refractivity contribution in [2.45, 2.75) is 31.7 Å². The molecule has 0 saturated heterocycles. The third-order valence-electron chi connectivity index (χ3n) is 5.26. The number of amides is 1. The predicted octanol–water partition coefficient (Wildman–Crippen LogP) is 3.13. The molecule has 4 rings (SSSR count). The molecule has 1 saturated carbocycles. The number of nitrogens with one attached hydrogen (secondary N) is 1. The summed E-state index contributed by atoms with van der Waals surface area (Å²) in [6, 6.07) is 14.1. The molecule has 124 valence electrons. The predicted molar refractivity (Wildman–Crippen MR) is 94.0 cm³/mol. The monoisotopic (exact) mass is 322 g/mol. The molecule has 1 aliphatic heterocycles. The van der Waals surface area contributed by atoms with Gasteiger partial charge in [-0.15, -0.1) is 0 Å². The van der Waals surface area contributed by atoms with E-state index in [1.54, 1.807) is 0 Å². The number of hydrogen-bond donors (Lipinski definition) is 2. The molecule has 1 spiro atoms. The van der Waals surface area contributed by atoms with Crippen LogP contribution in [0.1, 0.15) is 29.5 Å². The molecule has 24 heavy (non-hydrogen) atoms. The second-order valence-electron chi connectivity index (χ2n) is 6.91. The van der Waals surface area contributed by atoms with E-state index in [9.17, 15) is 4.79 Å². The van der Waals surface area contributed by atoms with Crippen molar-refractivity contribution in [1.29, 1.82) is 0 Å². The molecule has 0 radical (unpaired) electrons. The Kier molecular flexibility index (Phi) is 3.57. The Bertz CT molecular complexity index is 802. The van der Waals surface area contributed by atoms with Crippen molar-refractivity contribution in [2.75, 3.05) is 11.9 Å². The molecule has 0 bridgehead atoms. The van der Waals surface area contributed by atoms with Gasteiger partial charge in [0.15, 0.2) is 0 Å². The van der Waals surface area contributed by atoms with Gasteiger partial charge < -0.3 is 15.8 Å². The van der Waals surface area contributed by atoms with E-state index in [0.29, 0.717) is 13.2 Å². The maximum absolute atomic E-state index is 12.8. The van der Waals surface area contributed by atoms with Crippen LogP contribution in [0.15, 0.2) is 42.5 Å². The maximum atomic E-state index is 12.8. The van der Waals surface area contributed by atoms with E-state index in [2.05, 4.69) is 11.4 Å². The molecule has 2 aliphatic rings. The van der Waals surface area contributed by atoms with Crippen LogP contribution in [0.5, 0.6) is 5.75 Å². The van der Waals surface area contributed by atoms with E-state index in [-0.39, 0.29) is 17.2 Å². The van der Waals surface area contributed by atoms with Crippen LogP contribution >= 0.6 is 0 Å². The lowest BCUT2D eigenvalue weighted by atomic mass is 9.87. The van der Waals surface area contributed by atoms with Crippen molar-refractivity contribution in [3.63, 3.8) is 0 Å². The number of benzene rings is 2. The summed E-state index contributed by atoms with van der Waals surface area (Å²) in [4.78, 5) is 12.8. The van der Waals surface area contributed by atoms with Crippen molar-refractivity contribution in [2.24, 2.45) is 11.7 Å². The van der Waals surface area contributed by atoms with Gasteiger partial charge in [-0.2, -0.15) is 0 Å². The second-order valence-corrected chi connectivity index (χ2v) is 6.91. The van der Waals surface area contributed by atoms with E-state index in [1.165, 1.54) is 5.56 Å². The van der Waals surface area contributed by atoms with Crippen LogP contribution in [-0.2, 0) is 16.8 Å². The third kappa shape index (κ3) is 2.47. The van der Waals surface area contributed by atoms with Gasteiger partial charge in [0.05, 0.1) is 6.61 Å². The summed E-state index contributed by atoms with van der Waals surface area (Å²) >= 11 is 0. The largest absolute Gasteiger partial charge is 0.493 e. The fraction of sp³-hybridized carbons (Fsp3) is 0.350. The highest BCUT2D eigenvalue weighted by Crippen LogP contribution is 2.60. The minimum Gasteiger partial charge on any atom is -0.493 e. The van der Waals surface area contributed by atoms with Gasteiger partial charge in [0.1, 0.15) is 5.75 Å². The van der Waals surface area contributed by atoms with Gasteiger partial charge >= 0.3 is 0 Å². The molecule has 0 aromatic heterocycles. The van der Waals surface area contributed by atoms with Crippen LogP contribution < -0.4 is 15.8 Å². The Labute approximate surface area is 142 Å². The molecule has 1 heterocycles. The smallest absolute Gasteiger partial charge is 0.228 e. The van der Waals surface area contributed by atoms with Gasteiger partial charge in [-0.05, 0) is 49.1 Å². The van der Waals surface area contributed by atoms with Crippen molar-refractivity contribution in [1.82, 2.24) is 0 Å². The van der Waals surface area contributed by atoms with E-state index >= 15 is 0 Å². The van der Waals surface area contributed by atoms with E-state index in [0.717, 1.165) is 35.4 Å². The van der Waals surface area contributed by atoms with E-state index < -0.39 is 0 Å². The molecule has 2 atom stereocenters. The molecule has 4 nitrogen and oxygen atoms in total. The summed E-state index contributed by atoms with van der Waals surface area (Å²) in [5.74, 6) is 1.05. The van der Waals surface area contributed by atoms with Crippen molar-refractivity contribution in [3.05, 3.63) is 59.2 Å². The first-order valence-corrected chi connectivity index (χ1v) is 8.46. The maximum Gasteiger partial charge on any atom is 0.228 e. The standard InChI is InChI=1S/C20H22N2O2/c1-13-8-14(12-21)10-15(9-13)22-19(23)17-11-20(17)6-7-24-18-5-3-2-4-16(18)20/h2-5,8-10,17H,6-7,11-12,21H2,1H3,(H,22,23)/t17-,20-/m0/s1. The summed E-state index contributed by atoms with van der Waals surface area (Å²) in [5, 5.41) is 3.09. The Balaban J connectivity index is 1.55. The molecular formula is C20H22N2O2. The normalized spacial score (nSPS) is 24.2. The zero-order chi connectivity index (χ0) is 16.7. The minimum absolute atomic E-state index is 0.0180. The van der Waals surface area contributed by atoms with Crippen LogP contribution in [0.4, 0.5) is 5.69 Å². The zero-order valence-electron chi connectivity index (χ0n) is 13.8. The number of fused-ring (bicyclic) bond motifs is 2. The van der Waals surface area contributed by atoms with Crippen LogP contribution in [0.25, 0.3) is 0 Å². The first kappa shape index (κ1) is 15.2. The average Bonchev–Trinajstić information content (AvgIpc) is 3.29. The summed E-state index contributed by atoms with van der Waals surface area (Å²) < 4.78 is 5.75. The Hall–Kier alpha value is -2.33. The van der Waals surface area contributed by atoms with E-state index in [1.807, 2.05) is 43.3 Å². The lowest BCUT2D eigenvalue weighted by molar-refractivity contribution is -0.117. The molecule has 4 heteroatoms. The second kappa shape index (κ2) is 5.64. The van der Waals surface area contributed by atoms with Crippen LogP contribution in [-0.4, -0.2) is 12.5 Å². The highest BCUT2D eigenvalue weighted by atomic mass is 16.5. The van der Waals surface area contributed by atoms with Crippen LogP contribution in [0.3, 0.4) is 0 Å². The summed E-state index contributed by atoms with van der Waals surface area (Å²) in [6.07, 6.45) is 1.80. The topological polar surface area (TPSA) is 64.3 Å². The van der Waals surface area contributed by atoms with Crippen molar-refractivity contribution in [3.8, 4) is 5.75 Å². The Morgan fingerprint density at radius 2 is 2.17 bits per heavy atom. The molecule has 3 N–H and O–H groups in total. The molecule has 2 aromatic carbocycles. The number of ether oxygens (including phenoxy) is 1. The molecular weight excluding hydrogens is 300 g/mol. The molecule has 1 aliphatic carbocycles. The van der Waals surface area contributed by atoms with Gasteiger partial charge in [-0.3, -0.25) is 4.79 Å². The first-order valence-electron chi connectivity index (χ1n) is 8.46. The summed E-state index contributed by atoms with van der Waals surface area (Å²) in [5.41, 5.74) is 9.85. The lowest BCUT2D eigenvalue weighted by Crippen LogP contribution is -2.26. The van der Waals surface area contributed by atoms with Gasteiger partial charge in [0.2, 0.25) is 5.91 Å². The SMILES string of the molecule is Cc1cc(CN)cc(NC(=O)[C@@H]2C[C@]23CCOc2ccccc23)c1. The number of carbonyl (C=O) groups is 1. The summed E-state index contributed by atoms with van der Waals surface area (Å²) in [6.45, 7) is 3.17. The quantitative estimate of drug-likeness (QED) is 0.912. The Morgan fingerprint density at radius 3 is 3.00 bits per heavy atom. The molecule has 1 fully saturated rings.